The van der Waals surface area contributed by atoms with Crippen molar-refractivity contribution in [2.24, 2.45) is 5.41 Å². The van der Waals surface area contributed by atoms with Crippen LogP contribution in [0.5, 0.6) is 0 Å². The van der Waals surface area contributed by atoms with Gasteiger partial charge in [-0.2, -0.15) is 4.98 Å². The van der Waals surface area contributed by atoms with Crippen LogP contribution in [-0.4, -0.2) is 45.1 Å². The Bertz CT molecular complexity index is 805. The first-order chi connectivity index (χ1) is 12.4. The van der Waals surface area contributed by atoms with Gasteiger partial charge in [-0.15, -0.1) is 0 Å². The molecule has 8 heteroatoms. The molecule has 1 saturated heterocycles. The van der Waals surface area contributed by atoms with E-state index in [9.17, 15) is 14.7 Å². The molecule has 0 bridgehead atoms. The largest absolute Gasteiger partial charge is 0.481 e. The number of carboxylic acids is 1. The van der Waals surface area contributed by atoms with E-state index in [4.69, 9.17) is 16.1 Å². The number of likely N-dealkylation sites (tertiary alicyclic amines) is 1. The first-order valence-electron chi connectivity index (χ1n) is 8.47. The van der Waals surface area contributed by atoms with Crippen molar-refractivity contribution < 1.29 is 19.2 Å². The average Bonchev–Trinajstić information content (AvgIpc) is 3.23. The van der Waals surface area contributed by atoms with Crippen molar-refractivity contribution in [1.82, 2.24) is 15.0 Å². The van der Waals surface area contributed by atoms with Gasteiger partial charge in [0, 0.05) is 36.5 Å². The smallest absolute Gasteiger partial charge is 0.311 e. The Labute approximate surface area is 155 Å². The van der Waals surface area contributed by atoms with E-state index in [0.717, 1.165) is 5.56 Å². The lowest BCUT2D eigenvalue weighted by Gasteiger charge is -2.20. The molecule has 1 atom stereocenters. The Morgan fingerprint density at radius 1 is 1.35 bits per heavy atom. The van der Waals surface area contributed by atoms with Crippen LogP contribution in [0.25, 0.3) is 11.4 Å². The van der Waals surface area contributed by atoms with Gasteiger partial charge in [0.2, 0.25) is 17.6 Å². The quantitative estimate of drug-likeness (QED) is 0.831. The van der Waals surface area contributed by atoms with Gasteiger partial charge in [0.1, 0.15) is 0 Å². The van der Waals surface area contributed by atoms with Crippen LogP contribution in [0, 0.1) is 5.41 Å². The Morgan fingerprint density at radius 3 is 2.73 bits per heavy atom. The summed E-state index contributed by atoms with van der Waals surface area (Å²) in [6, 6.07) is 7.14. The van der Waals surface area contributed by atoms with Crippen molar-refractivity contribution in [2.75, 3.05) is 13.1 Å². The fraction of sp³-hybridized carbons (Fsp3) is 0.444. The van der Waals surface area contributed by atoms with Crippen molar-refractivity contribution in [3.05, 3.63) is 35.2 Å². The molecule has 0 saturated carbocycles. The highest BCUT2D eigenvalue weighted by Gasteiger charge is 2.41. The lowest BCUT2D eigenvalue weighted by Crippen LogP contribution is -2.34. The van der Waals surface area contributed by atoms with E-state index in [1.165, 1.54) is 0 Å². The third-order valence-electron chi connectivity index (χ3n) is 4.69. The number of hydrogen-bond donors (Lipinski definition) is 1. The highest BCUT2D eigenvalue weighted by molar-refractivity contribution is 6.30. The monoisotopic (exact) mass is 377 g/mol. The van der Waals surface area contributed by atoms with Gasteiger partial charge >= 0.3 is 5.97 Å². The first-order valence-corrected chi connectivity index (χ1v) is 8.85. The highest BCUT2D eigenvalue weighted by Crippen LogP contribution is 2.30. The zero-order valence-corrected chi connectivity index (χ0v) is 15.2. The topological polar surface area (TPSA) is 96.5 Å². The molecular weight excluding hydrogens is 358 g/mol. The van der Waals surface area contributed by atoms with E-state index in [1.54, 1.807) is 24.0 Å². The molecule has 1 aromatic carbocycles. The standard InChI is InChI=1S/C18H20ClN3O4/c1-18(17(24)25)9-10-22(11-18)15(23)4-2-3-14-20-16(21-26-14)12-5-7-13(19)8-6-12/h5-8H,2-4,9-11H2,1H3,(H,24,25). The van der Waals surface area contributed by atoms with Crippen LogP contribution in [-0.2, 0) is 16.0 Å². The number of carboxylic acid groups (broad SMARTS) is 1. The van der Waals surface area contributed by atoms with Crippen LogP contribution >= 0.6 is 11.6 Å². The molecule has 1 fully saturated rings. The predicted octanol–water partition coefficient (Wildman–Crippen LogP) is 3.04. The lowest BCUT2D eigenvalue weighted by molar-refractivity contribution is -0.147. The number of halogens is 1. The average molecular weight is 378 g/mol. The van der Waals surface area contributed by atoms with Crippen molar-refractivity contribution in [2.45, 2.75) is 32.6 Å². The second kappa shape index (κ2) is 7.45. The van der Waals surface area contributed by atoms with E-state index >= 15 is 0 Å². The van der Waals surface area contributed by atoms with Crippen LogP contribution in [0.1, 0.15) is 32.1 Å². The van der Waals surface area contributed by atoms with E-state index < -0.39 is 11.4 Å². The molecule has 2 heterocycles. The molecule has 0 aliphatic carbocycles. The first kappa shape index (κ1) is 18.4. The molecular formula is C18H20ClN3O4. The van der Waals surface area contributed by atoms with Gasteiger partial charge in [-0.3, -0.25) is 9.59 Å². The second-order valence-corrected chi connectivity index (χ2v) is 7.24. The van der Waals surface area contributed by atoms with Crippen molar-refractivity contribution in [3.63, 3.8) is 0 Å². The summed E-state index contributed by atoms with van der Waals surface area (Å²) in [5.41, 5.74) is -0.0270. The minimum absolute atomic E-state index is 0.0348. The number of aliphatic carboxylic acids is 1. The number of aromatic nitrogens is 2. The maximum Gasteiger partial charge on any atom is 0.311 e. The van der Waals surface area contributed by atoms with E-state index in [-0.39, 0.29) is 12.5 Å². The molecule has 1 aliphatic rings. The van der Waals surface area contributed by atoms with Crippen LogP contribution in [0.2, 0.25) is 5.02 Å². The summed E-state index contributed by atoms with van der Waals surface area (Å²) < 4.78 is 5.22. The molecule has 0 spiro atoms. The van der Waals surface area contributed by atoms with Gasteiger partial charge in [0.05, 0.1) is 5.41 Å². The van der Waals surface area contributed by atoms with E-state index in [1.807, 2.05) is 12.1 Å². The van der Waals surface area contributed by atoms with Crippen LogP contribution in [0.3, 0.4) is 0 Å². The van der Waals surface area contributed by atoms with Crippen molar-refractivity contribution in [3.8, 4) is 11.4 Å². The minimum atomic E-state index is -0.853. The molecule has 138 valence electrons. The third kappa shape index (κ3) is 4.04. The van der Waals surface area contributed by atoms with Gasteiger partial charge in [0.15, 0.2) is 0 Å². The fourth-order valence-corrected chi connectivity index (χ4v) is 3.10. The zero-order valence-electron chi connectivity index (χ0n) is 14.4. The van der Waals surface area contributed by atoms with Gasteiger partial charge in [0.25, 0.3) is 0 Å². The maximum absolute atomic E-state index is 12.3. The molecule has 1 unspecified atom stereocenters. The summed E-state index contributed by atoms with van der Waals surface area (Å²) >= 11 is 5.86. The fourth-order valence-electron chi connectivity index (χ4n) is 2.97. The van der Waals surface area contributed by atoms with E-state index in [0.29, 0.717) is 49.0 Å². The minimum Gasteiger partial charge on any atom is -0.481 e. The Balaban J connectivity index is 1.49. The Kier molecular flexibility index (Phi) is 5.27. The number of benzene rings is 1. The summed E-state index contributed by atoms with van der Waals surface area (Å²) in [6.07, 6.45) is 1.88. The van der Waals surface area contributed by atoms with Crippen LogP contribution in [0.4, 0.5) is 0 Å². The summed E-state index contributed by atoms with van der Waals surface area (Å²) in [7, 11) is 0. The molecule has 1 amide bonds. The van der Waals surface area contributed by atoms with Gasteiger partial charge in [-0.1, -0.05) is 16.8 Å². The summed E-state index contributed by atoms with van der Waals surface area (Å²) in [5, 5.41) is 13.8. The van der Waals surface area contributed by atoms with Gasteiger partial charge < -0.3 is 14.5 Å². The summed E-state index contributed by atoms with van der Waals surface area (Å²) in [4.78, 5) is 29.5. The SMILES string of the molecule is CC1(C(=O)O)CCN(C(=O)CCCc2nc(-c3ccc(Cl)cc3)no2)C1. The maximum atomic E-state index is 12.3. The second-order valence-electron chi connectivity index (χ2n) is 6.80. The molecule has 7 nitrogen and oxygen atoms in total. The van der Waals surface area contributed by atoms with Crippen LogP contribution < -0.4 is 0 Å². The number of aryl methyl sites for hydroxylation is 1. The normalized spacial score (nSPS) is 19.7. The van der Waals surface area contributed by atoms with Gasteiger partial charge in [-0.25, -0.2) is 0 Å². The van der Waals surface area contributed by atoms with Crippen LogP contribution in [0.15, 0.2) is 28.8 Å². The molecule has 26 heavy (non-hydrogen) atoms. The number of hydrogen-bond acceptors (Lipinski definition) is 5. The Morgan fingerprint density at radius 2 is 2.08 bits per heavy atom. The molecule has 1 N–H and O–H groups in total. The Hall–Kier alpha value is -2.41. The number of carbonyl (C=O) groups is 2. The summed E-state index contributed by atoms with van der Waals surface area (Å²) in [5.74, 6) is 0.0695. The molecule has 3 rings (SSSR count). The molecule has 1 aromatic heterocycles. The predicted molar refractivity (Wildman–Crippen MR) is 94.6 cm³/mol. The zero-order chi connectivity index (χ0) is 18.7. The lowest BCUT2D eigenvalue weighted by atomic mass is 9.90. The molecule has 1 aliphatic heterocycles. The third-order valence-corrected chi connectivity index (χ3v) is 4.95. The van der Waals surface area contributed by atoms with E-state index in [2.05, 4.69) is 10.1 Å². The highest BCUT2D eigenvalue weighted by atomic mass is 35.5. The van der Waals surface area contributed by atoms with Gasteiger partial charge in [-0.05, 0) is 44.0 Å². The molecule has 2 aromatic rings. The molecule has 0 radical (unpaired) electrons. The number of nitrogens with zero attached hydrogens (tertiary/aromatic N) is 3. The number of rotatable bonds is 6. The van der Waals surface area contributed by atoms with Crippen molar-refractivity contribution in [1.29, 1.82) is 0 Å². The number of carbonyl (C=O) groups excluding carboxylic acids is 1. The summed E-state index contributed by atoms with van der Waals surface area (Å²) in [6.45, 7) is 2.44. The number of amides is 1. The van der Waals surface area contributed by atoms with Crippen molar-refractivity contribution >= 4 is 23.5 Å².